The highest BCUT2D eigenvalue weighted by atomic mass is 19.4. The summed E-state index contributed by atoms with van der Waals surface area (Å²) in [5.74, 6) is 0. The highest BCUT2D eigenvalue weighted by molar-refractivity contribution is 5.75. The molecule has 0 aliphatic rings. The van der Waals surface area contributed by atoms with E-state index in [-0.39, 0.29) is 5.69 Å². The first kappa shape index (κ1) is 21.8. The first-order chi connectivity index (χ1) is 14.3. The van der Waals surface area contributed by atoms with Crippen molar-refractivity contribution in [1.29, 1.82) is 0 Å². The quantitative estimate of drug-likeness (QED) is 0.596. The van der Waals surface area contributed by atoms with Crippen molar-refractivity contribution in [3.63, 3.8) is 0 Å². The molecule has 30 heavy (non-hydrogen) atoms. The van der Waals surface area contributed by atoms with Gasteiger partial charge >= 0.3 is 6.18 Å². The zero-order chi connectivity index (χ0) is 21.7. The molecule has 1 aromatic carbocycles. The molecule has 0 spiro atoms. The summed E-state index contributed by atoms with van der Waals surface area (Å²) in [6.07, 6.45) is 1.07. The van der Waals surface area contributed by atoms with Gasteiger partial charge in [0.25, 0.3) is 0 Å². The van der Waals surface area contributed by atoms with E-state index in [4.69, 9.17) is 0 Å². The summed E-state index contributed by atoms with van der Waals surface area (Å²) in [5.41, 5.74) is 2.14. The summed E-state index contributed by atoms with van der Waals surface area (Å²) in [7, 11) is 3.79. The second kappa shape index (κ2) is 9.25. The second-order valence-electron chi connectivity index (χ2n) is 7.20. The number of benzene rings is 1. The average Bonchev–Trinajstić information content (AvgIpc) is 2.72. The Labute approximate surface area is 173 Å². The van der Waals surface area contributed by atoms with Crippen molar-refractivity contribution in [1.82, 2.24) is 19.9 Å². The van der Waals surface area contributed by atoms with Gasteiger partial charge in [-0.3, -0.25) is 15.0 Å². The van der Waals surface area contributed by atoms with Gasteiger partial charge in [0.05, 0.1) is 34.2 Å². The van der Waals surface area contributed by atoms with Crippen LogP contribution in [0, 0.1) is 0 Å². The van der Waals surface area contributed by atoms with E-state index in [1.807, 2.05) is 44.1 Å². The number of fused-ring (bicyclic) bond motifs is 1. The Morgan fingerprint density at radius 2 is 1.73 bits per heavy atom. The van der Waals surface area contributed by atoms with Crippen LogP contribution in [0.1, 0.15) is 18.1 Å². The van der Waals surface area contributed by atoms with E-state index in [9.17, 15) is 13.2 Å². The van der Waals surface area contributed by atoms with Crippen LogP contribution in [-0.4, -0.2) is 53.6 Å². The number of nitrogens with one attached hydrogen (secondary N) is 1. The van der Waals surface area contributed by atoms with E-state index in [2.05, 4.69) is 20.3 Å². The van der Waals surface area contributed by atoms with Gasteiger partial charge in [0.15, 0.2) is 0 Å². The second-order valence-corrected chi connectivity index (χ2v) is 7.20. The van der Waals surface area contributed by atoms with Crippen LogP contribution in [0.2, 0.25) is 0 Å². The van der Waals surface area contributed by atoms with Gasteiger partial charge in [-0.05, 0) is 38.7 Å². The van der Waals surface area contributed by atoms with E-state index >= 15 is 0 Å². The molecule has 0 fully saturated rings. The Morgan fingerprint density at radius 3 is 2.40 bits per heavy atom. The minimum atomic E-state index is -4.50. The maximum Gasteiger partial charge on any atom is 0.419 e. The Hall–Kier alpha value is -2.94. The molecule has 0 saturated heterocycles. The molecule has 0 bridgehead atoms. The van der Waals surface area contributed by atoms with Gasteiger partial charge in [-0.25, -0.2) is 0 Å². The van der Waals surface area contributed by atoms with Gasteiger partial charge in [0.1, 0.15) is 0 Å². The maximum absolute atomic E-state index is 13.7. The number of pyridine rings is 1. The number of aromatic nitrogens is 3. The summed E-state index contributed by atoms with van der Waals surface area (Å²) >= 11 is 0. The number of alkyl halides is 3. The van der Waals surface area contributed by atoms with Gasteiger partial charge in [-0.1, -0.05) is 6.07 Å². The van der Waals surface area contributed by atoms with E-state index in [0.29, 0.717) is 31.9 Å². The summed E-state index contributed by atoms with van der Waals surface area (Å²) in [6, 6.07) is 5.61. The van der Waals surface area contributed by atoms with E-state index in [1.165, 1.54) is 6.20 Å². The molecule has 0 aliphatic heterocycles. The van der Waals surface area contributed by atoms with Crippen LogP contribution >= 0.6 is 0 Å². The van der Waals surface area contributed by atoms with Crippen molar-refractivity contribution in [2.24, 2.45) is 0 Å². The molecule has 9 heteroatoms. The van der Waals surface area contributed by atoms with E-state index < -0.39 is 11.7 Å². The third-order valence-electron chi connectivity index (χ3n) is 4.75. The molecule has 0 unspecified atom stereocenters. The zero-order valence-corrected chi connectivity index (χ0v) is 17.2. The number of anilines is 2. The van der Waals surface area contributed by atoms with Crippen LogP contribution < -0.4 is 10.2 Å². The van der Waals surface area contributed by atoms with Crippen LogP contribution in [0.15, 0.2) is 43.0 Å². The van der Waals surface area contributed by atoms with Crippen molar-refractivity contribution in [3.05, 3.63) is 54.1 Å². The Kier molecular flexibility index (Phi) is 6.71. The first-order valence-corrected chi connectivity index (χ1v) is 9.68. The molecule has 2 heterocycles. The van der Waals surface area contributed by atoms with Crippen molar-refractivity contribution in [2.45, 2.75) is 19.6 Å². The molecule has 0 aliphatic carbocycles. The predicted molar refractivity (Wildman–Crippen MR) is 113 cm³/mol. The third-order valence-corrected chi connectivity index (χ3v) is 4.75. The summed E-state index contributed by atoms with van der Waals surface area (Å²) in [5, 5.41) is 3.14. The highest BCUT2D eigenvalue weighted by Crippen LogP contribution is 2.40. The van der Waals surface area contributed by atoms with Crippen LogP contribution in [0.4, 0.5) is 24.5 Å². The molecule has 160 valence electrons. The normalized spacial score (nSPS) is 11.8. The van der Waals surface area contributed by atoms with Crippen LogP contribution in [0.25, 0.3) is 11.0 Å². The lowest BCUT2D eigenvalue weighted by molar-refractivity contribution is -0.137. The van der Waals surface area contributed by atoms with Crippen LogP contribution in [0.5, 0.6) is 0 Å². The van der Waals surface area contributed by atoms with Gasteiger partial charge < -0.3 is 15.1 Å². The Morgan fingerprint density at radius 1 is 1.00 bits per heavy atom. The fourth-order valence-corrected chi connectivity index (χ4v) is 3.20. The SMILES string of the molecule is CCN(CCN(C)C)c1c(NCc2ccc3nccnc3c2)cncc1C(F)(F)F. The third kappa shape index (κ3) is 5.15. The Bertz CT molecular complexity index is 990. The average molecular weight is 418 g/mol. The minimum absolute atomic E-state index is 0.127. The minimum Gasteiger partial charge on any atom is -0.378 e. The molecule has 0 radical (unpaired) electrons. The molecule has 3 aromatic rings. The molecule has 2 aromatic heterocycles. The van der Waals surface area contributed by atoms with Gasteiger partial charge in [0.2, 0.25) is 0 Å². The largest absolute Gasteiger partial charge is 0.419 e. The molecule has 3 rings (SSSR count). The van der Waals surface area contributed by atoms with Gasteiger partial charge in [0, 0.05) is 44.8 Å². The highest BCUT2D eigenvalue weighted by Gasteiger charge is 2.36. The van der Waals surface area contributed by atoms with Crippen molar-refractivity contribution in [3.8, 4) is 0 Å². The maximum atomic E-state index is 13.7. The molecule has 0 saturated carbocycles. The first-order valence-electron chi connectivity index (χ1n) is 9.68. The smallest absolute Gasteiger partial charge is 0.378 e. The molecule has 1 N–H and O–H groups in total. The number of halogens is 3. The summed E-state index contributed by atoms with van der Waals surface area (Å²) in [6.45, 7) is 3.74. The van der Waals surface area contributed by atoms with E-state index in [0.717, 1.165) is 22.8 Å². The summed E-state index contributed by atoms with van der Waals surface area (Å²) < 4.78 is 41.2. The van der Waals surface area contributed by atoms with E-state index in [1.54, 1.807) is 17.3 Å². The number of hydrogen-bond donors (Lipinski definition) is 1. The van der Waals surface area contributed by atoms with Crippen LogP contribution in [0.3, 0.4) is 0 Å². The number of likely N-dealkylation sites (N-methyl/N-ethyl adjacent to an activating group) is 2. The predicted octanol–water partition coefficient (Wildman–Crippen LogP) is 4.04. The fraction of sp³-hybridized carbons (Fsp3) is 0.381. The molecular formula is C21H25F3N6. The number of rotatable bonds is 8. The standard InChI is InChI=1S/C21H25F3N6/c1-4-30(10-9-29(2)3)20-16(21(22,23)24)13-25-14-19(20)28-12-15-5-6-17-18(11-15)27-8-7-26-17/h5-8,11,13-14,28H,4,9-10,12H2,1-3H3. The number of hydrogen-bond acceptors (Lipinski definition) is 6. The van der Waals surface area contributed by atoms with Crippen LogP contribution in [-0.2, 0) is 12.7 Å². The fourth-order valence-electron chi connectivity index (χ4n) is 3.20. The molecule has 6 nitrogen and oxygen atoms in total. The van der Waals surface area contributed by atoms with Gasteiger partial charge in [-0.2, -0.15) is 13.2 Å². The van der Waals surface area contributed by atoms with Crippen molar-refractivity contribution < 1.29 is 13.2 Å². The lowest BCUT2D eigenvalue weighted by Gasteiger charge is -2.30. The molecule has 0 amide bonds. The Balaban J connectivity index is 1.92. The lowest BCUT2D eigenvalue weighted by atomic mass is 10.1. The summed E-state index contributed by atoms with van der Waals surface area (Å²) in [4.78, 5) is 16.0. The molecular weight excluding hydrogens is 393 g/mol. The topological polar surface area (TPSA) is 57.2 Å². The van der Waals surface area contributed by atoms with Crippen molar-refractivity contribution in [2.75, 3.05) is 43.9 Å². The molecule has 0 atom stereocenters. The lowest BCUT2D eigenvalue weighted by Crippen LogP contribution is -2.33. The van der Waals surface area contributed by atoms with Crippen molar-refractivity contribution >= 4 is 22.4 Å². The number of nitrogens with zero attached hydrogens (tertiary/aromatic N) is 5. The zero-order valence-electron chi connectivity index (χ0n) is 17.2. The monoisotopic (exact) mass is 418 g/mol. The van der Waals surface area contributed by atoms with Gasteiger partial charge in [-0.15, -0.1) is 0 Å².